The summed E-state index contributed by atoms with van der Waals surface area (Å²) < 4.78 is 0. The van der Waals surface area contributed by atoms with Crippen molar-refractivity contribution in [3.05, 3.63) is 49.9 Å². The van der Waals surface area contributed by atoms with Crippen LogP contribution in [0.25, 0.3) is 6.08 Å². The molecule has 0 unspecified atom stereocenters. The molecule has 0 N–H and O–H groups in total. The molecule has 52 valence electrons. The minimum atomic E-state index is 0. The van der Waals surface area contributed by atoms with Crippen LogP contribution in [0.3, 0.4) is 0 Å². The normalized spacial score (nSPS) is 6.80. The van der Waals surface area contributed by atoms with Crippen molar-refractivity contribution in [2.75, 3.05) is 0 Å². The van der Waals surface area contributed by atoms with E-state index in [9.17, 15) is 0 Å². The summed E-state index contributed by atoms with van der Waals surface area (Å²) in [7, 11) is 0. The van der Waals surface area contributed by atoms with Gasteiger partial charge in [-0.3, -0.25) is 0 Å². The van der Waals surface area contributed by atoms with Crippen LogP contribution in [0, 0.1) is 13.5 Å². The SMILES string of the molecule is C=Cc1cc[c-]cc1.[CH3-].[W+2]. The van der Waals surface area contributed by atoms with E-state index < -0.39 is 0 Å². The maximum absolute atomic E-state index is 3.62. The van der Waals surface area contributed by atoms with Crippen LogP contribution < -0.4 is 0 Å². The summed E-state index contributed by atoms with van der Waals surface area (Å²) in [5.41, 5.74) is 1.14. The average Bonchev–Trinajstić information content (AvgIpc) is 1.90. The zero-order chi connectivity index (χ0) is 5.82. The van der Waals surface area contributed by atoms with E-state index in [1.165, 1.54) is 0 Å². The Kier molecular flexibility index (Phi) is 8.34. The third kappa shape index (κ3) is 3.63. The van der Waals surface area contributed by atoms with Crippen LogP contribution in [0.1, 0.15) is 5.56 Å². The molecule has 0 spiro atoms. The fourth-order valence-corrected chi connectivity index (χ4v) is 0.536. The van der Waals surface area contributed by atoms with E-state index in [0.29, 0.717) is 0 Å². The number of benzene rings is 1. The summed E-state index contributed by atoms with van der Waals surface area (Å²) in [6.07, 6.45) is 1.81. The third-order valence-electron chi connectivity index (χ3n) is 0.980. The Bertz CT molecular complexity index is 167. The van der Waals surface area contributed by atoms with Gasteiger partial charge in [0.15, 0.2) is 0 Å². The van der Waals surface area contributed by atoms with Crippen molar-refractivity contribution in [3.63, 3.8) is 0 Å². The van der Waals surface area contributed by atoms with Crippen molar-refractivity contribution in [1.82, 2.24) is 0 Å². The minimum Gasteiger partial charge on any atom is -0.358 e. The van der Waals surface area contributed by atoms with E-state index >= 15 is 0 Å². The van der Waals surface area contributed by atoms with Gasteiger partial charge in [-0.25, -0.2) is 0 Å². The average molecular weight is 302 g/mol. The first-order valence-electron chi connectivity index (χ1n) is 2.52. The van der Waals surface area contributed by atoms with Gasteiger partial charge < -0.3 is 7.43 Å². The van der Waals surface area contributed by atoms with Gasteiger partial charge in [-0.15, -0.1) is 12.1 Å². The Morgan fingerprint density at radius 2 is 1.80 bits per heavy atom. The Morgan fingerprint density at radius 3 is 2.10 bits per heavy atom. The van der Waals surface area contributed by atoms with Crippen LogP contribution in [-0.2, 0) is 21.1 Å². The topological polar surface area (TPSA) is 0 Å². The zero-order valence-electron chi connectivity index (χ0n) is 6.00. The van der Waals surface area contributed by atoms with Gasteiger partial charge in [0.25, 0.3) is 0 Å². The quantitative estimate of drug-likeness (QED) is 0.700. The molecule has 10 heavy (non-hydrogen) atoms. The summed E-state index contributed by atoms with van der Waals surface area (Å²) in [6.45, 7) is 3.62. The number of hydrogen-bond donors (Lipinski definition) is 0. The molecule has 0 atom stereocenters. The second kappa shape index (κ2) is 6.76. The largest absolute Gasteiger partial charge is 2.00 e. The van der Waals surface area contributed by atoms with E-state index in [0.717, 1.165) is 5.56 Å². The summed E-state index contributed by atoms with van der Waals surface area (Å²) in [5, 5.41) is 0. The molecule has 1 heteroatoms. The molecule has 0 nitrogen and oxygen atoms in total. The van der Waals surface area contributed by atoms with Crippen molar-refractivity contribution in [2.24, 2.45) is 0 Å². The second-order valence-electron chi connectivity index (χ2n) is 1.54. The molecule has 0 aliphatic carbocycles. The molecule has 1 aromatic rings. The molecule has 0 aliphatic heterocycles. The van der Waals surface area contributed by atoms with Gasteiger partial charge in [0.2, 0.25) is 0 Å². The summed E-state index contributed by atoms with van der Waals surface area (Å²) >= 11 is 0. The Balaban J connectivity index is 0. The predicted octanol–water partition coefficient (Wildman–Crippen LogP) is 2.58. The van der Waals surface area contributed by atoms with Crippen LogP contribution >= 0.6 is 0 Å². The van der Waals surface area contributed by atoms with Gasteiger partial charge >= 0.3 is 21.1 Å². The standard InChI is InChI=1S/C8H7.CH3.W/c1-2-8-6-4-3-5-7-8;;/h2,4-7H,1H2;1H3;/q2*-1;+2. The third-order valence-corrected chi connectivity index (χ3v) is 0.980. The minimum absolute atomic E-state index is 0. The molecule has 0 bridgehead atoms. The van der Waals surface area contributed by atoms with Crippen molar-refractivity contribution in [2.45, 2.75) is 0 Å². The molecule has 1 aromatic carbocycles. The van der Waals surface area contributed by atoms with Crippen molar-refractivity contribution < 1.29 is 21.1 Å². The molecule has 0 aliphatic rings. The van der Waals surface area contributed by atoms with Gasteiger partial charge in [-0.1, -0.05) is 6.08 Å². The van der Waals surface area contributed by atoms with E-state index in [2.05, 4.69) is 12.6 Å². The zero-order valence-corrected chi connectivity index (χ0v) is 8.94. The molecule has 1 rings (SSSR count). The van der Waals surface area contributed by atoms with E-state index in [-0.39, 0.29) is 28.5 Å². The molecule has 0 amide bonds. The van der Waals surface area contributed by atoms with Gasteiger partial charge in [0, 0.05) is 0 Å². The van der Waals surface area contributed by atoms with Gasteiger partial charge in [-0.2, -0.15) is 30.3 Å². The Morgan fingerprint density at radius 1 is 1.30 bits per heavy atom. The van der Waals surface area contributed by atoms with Crippen molar-refractivity contribution in [1.29, 1.82) is 0 Å². The molecule has 0 saturated heterocycles. The fraction of sp³-hybridized carbons (Fsp3) is 0. The van der Waals surface area contributed by atoms with Crippen molar-refractivity contribution in [3.8, 4) is 0 Å². The first-order chi connectivity index (χ1) is 3.93. The van der Waals surface area contributed by atoms with Gasteiger partial charge in [0.05, 0.1) is 0 Å². The van der Waals surface area contributed by atoms with E-state index in [1.807, 2.05) is 30.3 Å². The van der Waals surface area contributed by atoms with Gasteiger partial charge in [0.1, 0.15) is 0 Å². The maximum atomic E-state index is 3.62. The number of hydrogen-bond acceptors (Lipinski definition) is 0. The fourth-order valence-electron chi connectivity index (χ4n) is 0.536. The van der Waals surface area contributed by atoms with Crippen LogP contribution in [-0.4, -0.2) is 0 Å². The van der Waals surface area contributed by atoms with Crippen LogP contribution in [0.15, 0.2) is 30.8 Å². The van der Waals surface area contributed by atoms with E-state index in [4.69, 9.17) is 0 Å². The van der Waals surface area contributed by atoms with Crippen LogP contribution in [0.5, 0.6) is 0 Å². The summed E-state index contributed by atoms with van der Waals surface area (Å²) in [6, 6.07) is 10.6. The van der Waals surface area contributed by atoms with E-state index in [1.54, 1.807) is 0 Å². The monoisotopic (exact) mass is 302 g/mol. The second-order valence-corrected chi connectivity index (χ2v) is 1.54. The molecule has 0 fully saturated rings. The molecular weight excluding hydrogens is 292 g/mol. The molecular formula is C9H10W. The van der Waals surface area contributed by atoms with Crippen molar-refractivity contribution >= 4 is 6.08 Å². The maximum Gasteiger partial charge on any atom is 2.00 e. The Labute approximate surface area is 77.2 Å². The Hall–Kier alpha value is -0.352. The summed E-state index contributed by atoms with van der Waals surface area (Å²) in [4.78, 5) is 0. The molecule has 0 radical (unpaired) electrons. The smallest absolute Gasteiger partial charge is 0.358 e. The van der Waals surface area contributed by atoms with Crippen LogP contribution in [0.2, 0.25) is 0 Å². The predicted molar refractivity (Wildman–Crippen MR) is 41.8 cm³/mol. The van der Waals surface area contributed by atoms with Crippen LogP contribution in [0.4, 0.5) is 0 Å². The summed E-state index contributed by atoms with van der Waals surface area (Å²) in [5.74, 6) is 0. The first kappa shape index (κ1) is 12.3. The van der Waals surface area contributed by atoms with Gasteiger partial charge in [-0.05, 0) is 0 Å². The number of rotatable bonds is 1. The molecule has 0 aromatic heterocycles. The molecule has 0 heterocycles. The first-order valence-corrected chi connectivity index (χ1v) is 2.52. The molecule has 0 saturated carbocycles.